The second-order valence-electron chi connectivity index (χ2n) is 4.11. The van der Waals surface area contributed by atoms with Gasteiger partial charge in [0.2, 0.25) is 5.91 Å². The number of pyridine rings is 1. The Labute approximate surface area is 119 Å². The predicted octanol–water partition coefficient (Wildman–Crippen LogP) is 2.57. The van der Waals surface area contributed by atoms with Crippen molar-refractivity contribution < 1.29 is 19.1 Å². The third kappa shape index (κ3) is 4.24. The molecule has 1 amide bonds. The summed E-state index contributed by atoms with van der Waals surface area (Å²) < 4.78 is 12.9. The standard InChI is InChI=1S/C15H11FN2O3/c16-12-3-1-2-10(8-12)4-7-14(19)18-13-6-5-11(9-17-13)15(20)21/h1-9H,(H,20,21)(H,17,18,19). The summed E-state index contributed by atoms with van der Waals surface area (Å²) in [7, 11) is 0. The summed E-state index contributed by atoms with van der Waals surface area (Å²) in [5.74, 6) is -1.70. The second kappa shape index (κ2) is 6.42. The number of benzene rings is 1. The second-order valence-corrected chi connectivity index (χ2v) is 4.11. The van der Waals surface area contributed by atoms with Crippen molar-refractivity contribution in [3.05, 3.63) is 65.6 Å². The summed E-state index contributed by atoms with van der Waals surface area (Å²) in [6.45, 7) is 0. The molecule has 6 heteroatoms. The minimum Gasteiger partial charge on any atom is -0.478 e. The number of nitrogens with zero attached hydrogens (tertiary/aromatic N) is 1. The average Bonchev–Trinajstić information content (AvgIpc) is 2.46. The number of amides is 1. The Kier molecular flexibility index (Phi) is 4.40. The van der Waals surface area contributed by atoms with E-state index in [1.54, 1.807) is 12.1 Å². The fourth-order valence-electron chi connectivity index (χ4n) is 1.54. The first-order valence-corrected chi connectivity index (χ1v) is 5.98. The normalized spacial score (nSPS) is 10.5. The fourth-order valence-corrected chi connectivity index (χ4v) is 1.54. The van der Waals surface area contributed by atoms with Gasteiger partial charge in [-0.1, -0.05) is 12.1 Å². The van der Waals surface area contributed by atoms with Crippen LogP contribution in [0.3, 0.4) is 0 Å². The van der Waals surface area contributed by atoms with Crippen LogP contribution in [0.15, 0.2) is 48.7 Å². The molecule has 2 rings (SSSR count). The van der Waals surface area contributed by atoms with E-state index in [1.165, 1.54) is 36.4 Å². The van der Waals surface area contributed by atoms with E-state index in [9.17, 15) is 14.0 Å². The maximum Gasteiger partial charge on any atom is 0.337 e. The number of halogens is 1. The van der Waals surface area contributed by atoms with Gasteiger partial charge in [0.25, 0.3) is 0 Å². The molecule has 0 aliphatic rings. The molecule has 0 unspecified atom stereocenters. The van der Waals surface area contributed by atoms with Gasteiger partial charge in [-0.25, -0.2) is 14.2 Å². The van der Waals surface area contributed by atoms with Crippen molar-refractivity contribution in [3.63, 3.8) is 0 Å². The molecule has 21 heavy (non-hydrogen) atoms. The van der Waals surface area contributed by atoms with Crippen LogP contribution in [0.1, 0.15) is 15.9 Å². The number of aromatic nitrogens is 1. The van der Waals surface area contributed by atoms with Crippen LogP contribution < -0.4 is 5.32 Å². The van der Waals surface area contributed by atoms with Crippen molar-refractivity contribution in [1.29, 1.82) is 0 Å². The van der Waals surface area contributed by atoms with Crippen LogP contribution >= 0.6 is 0 Å². The zero-order valence-corrected chi connectivity index (χ0v) is 10.8. The molecular formula is C15H11FN2O3. The summed E-state index contributed by atoms with van der Waals surface area (Å²) in [5.41, 5.74) is 0.586. The van der Waals surface area contributed by atoms with Crippen molar-refractivity contribution in [2.75, 3.05) is 5.32 Å². The number of anilines is 1. The molecule has 1 heterocycles. The number of aromatic carboxylic acids is 1. The number of carboxylic acid groups (broad SMARTS) is 1. The van der Waals surface area contributed by atoms with Crippen molar-refractivity contribution in [3.8, 4) is 0 Å². The largest absolute Gasteiger partial charge is 0.478 e. The summed E-state index contributed by atoms with van der Waals surface area (Å²) >= 11 is 0. The minimum atomic E-state index is -1.09. The van der Waals surface area contributed by atoms with Crippen molar-refractivity contribution in [1.82, 2.24) is 4.98 Å². The molecule has 0 fully saturated rings. The monoisotopic (exact) mass is 286 g/mol. The molecule has 0 atom stereocenters. The number of hydrogen-bond acceptors (Lipinski definition) is 3. The van der Waals surface area contributed by atoms with Gasteiger partial charge < -0.3 is 10.4 Å². The molecule has 0 saturated heterocycles. The van der Waals surface area contributed by atoms with Gasteiger partial charge in [0.15, 0.2) is 0 Å². The molecular weight excluding hydrogens is 275 g/mol. The highest BCUT2D eigenvalue weighted by molar-refractivity contribution is 6.01. The highest BCUT2D eigenvalue weighted by Crippen LogP contribution is 2.07. The lowest BCUT2D eigenvalue weighted by molar-refractivity contribution is -0.111. The van der Waals surface area contributed by atoms with E-state index in [2.05, 4.69) is 10.3 Å². The molecule has 0 aliphatic carbocycles. The lowest BCUT2D eigenvalue weighted by Crippen LogP contribution is -2.09. The van der Waals surface area contributed by atoms with Crippen LogP contribution in [0.5, 0.6) is 0 Å². The zero-order chi connectivity index (χ0) is 15.2. The van der Waals surface area contributed by atoms with Crippen LogP contribution in [-0.4, -0.2) is 22.0 Å². The van der Waals surface area contributed by atoms with E-state index >= 15 is 0 Å². The Morgan fingerprint density at radius 2 is 2.05 bits per heavy atom. The van der Waals surface area contributed by atoms with Crippen LogP contribution in [0.2, 0.25) is 0 Å². The van der Waals surface area contributed by atoms with Gasteiger partial charge in [-0.15, -0.1) is 0 Å². The first-order chi connectivity index (χ1) is 10.0. The van der Waals surface area contributed by atoms with Gasteiger partial charge in [0.1, 0.15) is 11.6 Å². The highest BCUT2D eigenvalue weighted by Gasteiger charge is 2.04. The predicted molar refractivity (Wildman–Crippen MR) is 75.3 cm³/mol. The van der Waals surface area contributed by atoms with Gasteiger partial charge in [-0.3, -0.25) is 4.79 Å². The smallest absolute Gasteiger partial charge is 0.337 e. The lowest BCUT2D eigenvalue weighted by Gasteiger charge is -2.01. The summed E-state index contributed by atoms with van der Waals surface area (Å²) in [5, 5.41) is 11.2. The number of rotatable bonds is 4. The Morgan fingerprint density at radius 3 is 2.67 bits per heavy atom. The molecule has 0 spiro atoms. The molecule has 0 aliphatic heterocycles. The van der Waals surface area contributed by atoms with E-state index in [0.29, 0.717) is 5.56 Å². The SMILES string of the molecule is O=C(C=Cc1cccc(F)c1)Nc1ccc(C(=O)O)cn1. The van der Waals surface area contributed by atoms with Crippen molar-refractivity contribution in [2.24, 2.45) is 0 Å². The summed E-state index contributed by atoms with van der Waals surface area (Å²) in [4.78, 5) is 26.1. The van der Waals surface area contributed by atoms with Crippen LogP contribution in [0, 0.1) is 5.82 Å². The third-order valence-corrected chi connectivity index (χ3v) is 2.54. The molecule has 0 radical (unpaired) electrons. The van der Waals surface area contributed by atoms with E-state index in [0.717, 1.165) is 6.20 Å². The zero-order valence-electron chi connectivity index (χ0n) is 10.8. The molecule has 0 saturated carbocycles. The van der Waals surface area contributed by atoms with E-state index in [-0.39, 0.29) is 17.2 Å². The fraction of sp³-hybridized carbons (Fsp3) is 0. The third-order valence-electron chi connectivity index (χ3n) is 2.54. The van der Waals surface area contributed by atoms with Gasteiger partial charge in [0.05, 0.1) is 5.56 Å². The van der Waals surface area contributed by atoms with Crippen LogP contribution in [0.25, 0.3) is 6.08 Å². The average molecular weight is 286 g/mol. The Hall–Kier alpha value is -3.02. The van der Waals surface area contributed by atoms with Gasteiger partial charge in [0, 0.05) is 12.3 Å². The van der Waals surface area contributed by atoms with Gasteiger partial charge >= 0.3 is 5.97 Å². The first kappa shape index (κ1) is 14.4. The number of carbonyl (C=O) groups excluding carboxylic acids is 1. The number of carboxylic acids is 1. The van der Waals surface area contributed by atoms with Crippen molar-refractivity contribution >= 4 is 23.8 Å². The molecule has 106 valence electrons. The van der Waals surface area contributed by atoms with E-state index < -0.39 is 11.9 Å². The summed E-state index contributed by atoms with van der Waals surface area (Å²) in [6, 6.07) is 8.53. The quantitative estimate of drug-likeness (QED) is 0.847. The maximum atomic E-state index is 12.9. The molecule has 1 aromatic heterocycles. The number of hydrogen-bond donors (Lipinski definition) is 2. The Bertz CT molecular complexity index is 696. The van der Waals surface area contributed by atoms with Crippen LogP contribution in [-0.2, 0) is 4.79 Å². The first-order valence-electron chi connectivity index (χ1n) is 5.98. The van der Waals surface area contributed by atoms with Gasteiger partial charge in [-0.2, -0.15) is 0 Å². The van der Waals surface area contributed by atoms with E-state index in [1.807, 2.05) is 0 Å². The molecule has 5 nitrogen and oxygen atoms in total. The topological polar surface area (TPSA) is 79.3 Å². The Balaban J connectivity index is 1.99. The molecule has 1 aromatic carbocycles. The molecule has 2 N–H and O–H groups in total. The molecule has 2 aromatic rings. The van der Waals surface area contributed by atoms with Crippen LogP contribution in [0.4, 0.5) is 10.2 Å². The highest BCUT2D eigenvalue weighted by atomic mass is 19.1. The number of carbonyl (C=O) groups is 2. The number of nitrogens with one attached hydrogen (secondary N) is 1. The minimum absolute atomic E-state index is 0.0308. The maximum absolute atomic E-state index is 12.9. The summed E-state index contributed by atoms with van der Waals surface area (Å²) in [6.07, 6.45) is 3.85. The van der Waals surface area contributed by atoms with Gasteiger partial charge in [-0.05, 0) is 35.9 Å². The Morgan fingerprint density at radius 1 is 1.24 bits per heavy atom. The van der Waals surface area contributed by atoms with E-state index in [4.69, 9.17) is 5.11 Å². The lowest BCUT2D eigenvalue weighted by atomic mass is 10.2. The van der Waals surface area contributed by atoms with Crippen molar-refractivity contribution in [2.45, 2.75) is 0 Å². The molecule has 0 bridgehead atoms.